The molecular formula is C16H22N4O3S. The Kier molecular flexibility index (Phi) is 7.60. The zero-order valence-electron chi connectivity index (χ0n) is 13.7. The van der Waals surface area contributed by atoms with E-state index in [1.165, 1.54) is 7.11 Å². The zero-order chi connectivity index (χ0) is 17.2. The fourth-order valence-corrected chi connectivity index (χ4v) is 2.41. The molecule has 0 spiro atoms. The summed E-state index contributed by atoms with van der Waals surface area (Å²) >= 11 is 5.17. The van der Waals surface area contributed by atoms with Crippen molar-refractivity contribution in [3.8, 4) is 0 Å². The molecule has 0 aliphatic carbocycles. The lowest BCUT2D eigenvalue weighted by molar-refractivity contribution is 0.0389. The lowest BCUT2D eigenvalue weighted by Gasteiger charge is -2.26. The average Bonchev–Trinajstić information content (AvgIpc) is 2.62. The van der Waals surface area contributed by atoms with Crippen LogP contribution in [0.5, 0.6) is 0 Å². The van der Waals surface area contributed by atoms with E-state index in [0.29, 0.717) is 16.2 Å². The highest BCUT2D eigenvalue weighted by atomic mass is 32.1. The summed E-state index contributed by atoms with van der Waals surface area (Å²) in [6.07, 6.45) is 1.54. The van der Waals surface area contributed by atoms with Crippen molar-refractivity contribution in [3.63, 3.8) is 0 Å². The van der Waals surface area contributed by atoms with Crippen LogP contribution in [0.15, 0.2) is 29.4 Å². The van der Waals surface area contributed by atoms with Crippen LogP contribution in [0.3, 0.4) is 0 Å². The summed E-state index contributed by atoms with van der Waals surface area (Å²) in [6.45, 7) is 5.11. The maximum Gasteiger partial charge on any atom is 0.338 e. The number of hydrogen-bond acceptors (Lipinski definition) is 6. The molecule has 1 aromatic carbocycles. The first-order valence-electron chi connectivity index (χ1n) is 7.75. The third-order valence-electron chi connectivity index (χ3n) is 3.55. The number of ether oxygens (including phenoxy) is 2. The molecule has 1 fully saturated rings. The number of methoxy groups -OCH3 is 1. The second kappa shape index (κ2) is 9.96. The van der Waals surface area contributed by atoms with Crippen LogP contribution in [-0.2, 0) is 9.47 Å². The predicted molar refractivity (Wildman–Crippen MR) is 96.4 cm³/mol. The Morgan fingerprint density at radius 2 is 2.17 bits per heavy atom. The molecular weight excluding hydrogens is 328 g/mol. The molecule has 0 aromatic heterocycles. The van der Waals surface area contributed by atoms with Crippen LogP contribution in [0.2, 0.25) is 0 Å². The summed E-state index contributed by atoms with van der Waals surface area (Å²) in [4.78, 5) is 14.0. The van der Waals surface area contributed by atoms with Gasteiger partial charge < -0.3 is 14.8 Å². The van der Waals surface area contributed by atoms with Crippen LogP contribution in [-0.4, -0.2) is 68.7 Å². The Hall–Kier alpha value is -2.03. The van der Waals surface area contributed by atoms with Gasteiger partial charge in [0.15, 0.2) is 5.11 Å². The minimum absolute atomic E-state index is 0.400. The van der Waals surface area contributed by atoms with E-state index in [1.807, 2.05) is 6.07 Å². The smallest absolute Gasteiger partial charge is 0.338 e. The maximum absolute atomic E-state index is 11.7. The van der Waals surface area contributed by atoms with Crippen LogP contribution in [0.25, 0.3) is 0 Å². The molecule has 1 aliphatic heterocycles. The first-order valence-corrected chi connectivity index (χ1v) is 8.16. The van der Waals surface area contributed by atoms with Crippen LogP contribution < -0.4 is 10.7 Å². The minimum Gasteiger partial charge on any atom is -0.465 e. The van der Waals surface area contributed by atoms with E-state index in [0.717, 1.165) is 39.4 Å². The van der Waals surface area contributed by atoms with Crippen LogP contribution in [0, 0.1) is 0 Å². The molecule has 2 rings (SSSR count). The van der Waals surface area contributed by atoms with E-state index in [2.05, 4.69) is 20.7 Å². The van der Waals surface area contributed by atoms with Crippen molar-refractivity contribution in [2.24, 2.45) is 5.10 Å². The van der Waals surface area contributed by atoms with E-state index in [4.69, 9.17) is 21.7 Å². The molecule has 0 amide bonds. The van der Waals surface area contributed by atoms with Crippen molar-refractivity contribution >= 4 is 29.5 Å². The number of carbonyl (C=O) groups excluding carboxylic acids is 1. The highest BCUT2D eigenvalue weighted by Gasteiger charge is 2.10. The number of rotatable bonds is 6. The molecule has 0 unspecified atom stereocenters. The highest BCUT2D eigenvalue weighted by Crippen LogP contribution is 2.07. The molecule has 1 saturated heterocycles. The fraction of sp³-hybridized carbons (Fsp3) is 0.438. The molecule has 8 heteroatoms. The molecule has 7 nitrogen and oxygen atoms in total. The average molecular weight is 350 g/mol. The summed E-state index contributed by atoms with van der Waals surface area (Å²) in [6, 6.07) is 7.07. The Balaban J connectivity index is 1.75. The predicted octanol–water partition coefficient (Wildman–Crippen LogP) is 0.603. The third kappa shape index (κ3) is 5.88. The van der Waals surface area contributed by atoms with Gasteiger partial charge >= 0.3 is 5.97 Å². The van der Waals surface area contributed by atoms with Gasteiger partial charge in [0.25, 0.3) is 0 Å². The van der Waals surface area contributed by atoms with Crippen molar-refractivity contribution in [3.05, 3.63) is 35.4 Å². The minimum atomic E-state index is -0.400. The van der Waals surface area contributed by atoms with Gasteiger partial charge in [0.05, 0.1) is 32.1 Å². The molecule has 1 aromatic rings. The van der Waals surface area contributed by atoms with Crippen molar-refractivity contribution in [2.75, 3.05) is 46.5 Å². The first-order chi connectivity index (χ1) is 11.7. The van der Waals surface area contributed by atoms with E-state index in [-0.39, 0.29) is 0 Å². The first kappa shape index (κ1) is 18.3. The Bertz CT molecular complexity index is 588. The molecule has 2 N–H and O–H groups in total. The normalized spacial score (nSPS) is 15.2. The van der Waals surface area contributed by atoms with Crippen LogP contribution in [0.4, 0.5) is 0 Å². The van der Waals surface area contributed by atoms with E-state index in [1.54, 1.807) is 24.4 Å². The van der Waals surface area contributed by atoms with Crippen LogP contribution >= 0.6 is 12.2 Å². The van der Waals surface area contributed by atoms with Gasteiger partial charge in [0.2, 0.25) is 0 Å². The summed E-state index contributed by atoms with van der Waals surface area (Å²) in [7, 11) is 1.35. The molecule has 0 saturated carbocycles. The quantitative estimate of drug-likeness (QED) is 0.337. The topological polar surface area (TPSA) is 75.2 Å². The Morgan fingerprint density at radius 3 is 2.92 bits per heavy atom. The molecule has 0 bridgehead atoms. The molecule has 0 atom stereocenters. The van der Waals surface area contributed by atoms with Crippen molar-refractivity contribution < 1.29 is 14.3 Å². The summed E-state index contributed by atoms with van der Waals surface area (Å²) in [5.41, 5.74) is 3.86. The number of morpholine rings is 1. The number of nitrogens with one attached hydrogen (secondary N) is 2. The van der Waals surface area contributed by atoms with Gasteiger partial charge in [-0.3, -0.25) is 10.3 Å². The number of benzene rings is 1. The van der Waals surface area contributed by atoms with E-state index in [9.17, 15) is 4.79 Å². The maximum atomic E-state index is 11.7. The number of thiocarbonyl (C=S) groups is 1. The Morgan fingerprint density at radius 1 is 1.42 bits per heavy atom. The molecule has 1 aliphatic rings. The fourth-order valence-electron chi connectivity index (χ4n) is 2.26. The number of nitrogens with zero attached hydrogens (tertiary/aromatic N) is 2. The summed E-state index contributed by atoms with van der Waals surface area (Å²) in [5.74, 6) is -0.400. The molecule has 24 heavy (non-hydrogen) atoms. The van der Waals surface area contributed by atoms with Gasteiger partial charge in [0, 0.05) is 31.7 Å². The van der Waals surface area contributed by atoms with Crippen molar-refractivity contribution in [2.45, 2.75) is 0 Å². The number of hydrogen-bond donors (Lipinski definition) is 2. The lowest BCUT2D eigenvalue weighted by atomic mass is 10.1. The third-order valence-corrected chi connectivity index (χ3v) is 3.79. The van der Waals surface area contributed by atoms with Gasteiger partial charge in [-0.1, -0.05) is 18.2 Å². The van der Waals surface area contributed by atoms with Gasteiger partial charge in [-0.25, -0.2) is 4.79 Å². The lowest BCUT2D eigenvalue weighted by Crippen LogP contribution is -2.42. The molecule has 0 radical (unpaired) electrons. The zero-order valence-corrected chi connectivity index (χ0v) is 14.5. The Labute approximate surface area is 147 Å². The van der Waals surface area contributed by atoms with Gasteiger partial charge in [-0.05, 0) is 18.3 Å². The second-order valence-corrected chi connectivity index (χ2v) is 5.57. The van der Waals surface area contributed by atoms with Crippen LogP contribution in [0.1, 0.15) is 15.9 Å². The van der Waals surface area contributed by atoms with E-state index >= 15 is 0 Å². The number of esters is 1. The monoisotopic (exact) mass is 350 g/mol. The number of carbonyl (C=O) groups is 1. The largest absolute Gasteiger partial charge is 0.465 e. The van der Waals surface area contributed by atoms with Crippen molar-refractivity contribution in [1.82, 2.24) is 15.6 Å². The summed E-state index contributed by atoms with van der Waals surface area (Å²) < 4.78 is 10.0. The number of hydrazone groups is 1. The molecule has 1 heterocycles. The van der Waals surface area contributed by atoms with Gasteiger partial charge in [-0.15, -0.1) is 0 Å². The molecule has 130 valence electrons. The standard InChI is InChI=1S/C16H22N4O3S/c1-22-15(21)14-5-3-2-4-13(14)12-18-19-16(24)17-6-7-20-8-10-23-11-9-20/h2-5,12H,6-11H2,1H3,(H2,17,19,24)/b18-12-. The summed E-state index contributed by atoms with van der Waals surface area (Å²) in [5, 5.41) is 7.60. The van der Waals surface area contributed by atoms with Gasteiger partial charge in [0.1, 0.15) is 0 Å². The second-order valence-electron chi connectivity index (χ2n) is 5.16. The van der Waals surface area contributed by atoms with Gasteiger partial charge in [-0.2, -0.15) is 5.10 Å². The highest BCUT2D eigenvalue weighted by molar-refractivity contribution is 7.80. The van der Waals surface area contributed by atoms with E-state index < -0.39 is 5.97 Å². The SMILES string of the molecule is COC(=O)c1ccccc1/C=N\NC(=S)NCCN1CCOCC1. The van der Waals surface area contributed by atoms with Crippen molar-refractivity contribution in [1.29, 1.82) is 0 Å².